The Morgan fingerprint density at radius 1 is 0.674 bits per heavy atom. The number of epoxide rings is 2. The van der Waals surface area contributed by atoms with Crippen LogP contribution in [0.25, 0.3) is 0 Å². The first-order valence-electron chi connectivity index (χ1n) is 15.5. The summed E-state index contributed by atoms with van der Waals surface area (Å²) in [4.78, 5) is 75.0. The zero-order valence-corrected chi connectivity index (χ0v) is 23.8. The number of carboxylic acid groups (broad SMARTS) is 1. The standard InChI is InChI=1S/C29H37N3O11/c33-20(34)11-32-28(38)30(5-1-3-21(35)40-12-16-7-14-9-18(16)25-23(14)42-25)27(37)31(29(32)39)6-2-4-22(36)41-13-17-8-15-10-19(17)26-24(15)43-26/h14-19,23-26H,1-13H2,(H,33,34). The number of nitrogens with zero attached hydrogens (tertiary/aromatic N) is 3. The first-order chi connectivity index (χ1) is 20.7. The number of aliphatic carboxylic acids is 1. The molecule has 14 heteroatoms. The Hall–Kier alpha value is -3.26. The molecule has 0 amide bonds. The number of carbonyl (C=O) groups is 3. The van der Waals surface area contributed by atoms with Crippen molar-refractivity contribution < 1.29 is 38.4 Å². The molecule has 1 N–H and O–H groups in total. The molecule has 4 aliphatic carbocycles. The van der Waals surface area contributed by atoms with Crippen molar-refractivity contribution in [3.63, 3.8) is 0 Å². The number of esters is 2. The van der Waals surface area contributed by atoms with Crippen LogP contribution in [0.15, 0.2) is 14.4 Å². The van der Waals surface area contributed by atoms with Crippen molar-refractivity contribution in [1.82, 2.24) is 13.7 Å². The van der Waals surface area contributed by atoms with Gasteiger partial charge >= 0.3 is 35.0 Å². The van der Waals surface area contributed by atoms with E-state index in [4.69, 9.17) is 18.9 Å². The number of fused-ring (bicyclic) bond motifs is 10. The minimum atomic E-state index is -1.42. The van der Waals surface area contributed by atoms with Crippen LogP contribution in [-0.4, -0.2) is 74.3 Å². The largest absolute Gasteiger partial charge is 0.480 e. The van der Waals surface area contributed by atoms with Crippen LogP contribution in [0.3, 0.4) is 0 Å². The van der Waals surface area contributed by atoms with Crippen LogP contribution in [0.2, 0.25) is 0 Å². The second-order valence-electron chi connectivity index (χ2n) is 13.1. The molecule has 2 aliphatic heterocycles. The molecule has 4 bridgehead atoms. The molecule has 0 aromatic carbocycles. The smallest absolute Gasteiger partial charge is 0.336 e. The van der Waals surface area contributed by atoms with Gasteiger partial charge in [0.15, 0.2) is 0 Å². The third kappa shape index (κ3) is 5.36. The number of hydrogen-bond acceptors (Lipinski definition) is 10. The molecule has 234 valence electrons. The average Bonchev–Trinajstić information content (AvgIpc) is 3.81. The third-order valence-electron chi connectivity index (χ3n) is 10.6. The predicted molar refractivity (Wildman–Crippen MR) is 144 cm³/mol. The van der Waals surface area contributed by atoms with Crippen LogP contribution in [0.4, 0.5) is 0 Å². The second kappa shape index (κ2) is 11.0. The number of carboxylic acids is 1. The van der Waals surface area contributed by atoms with E-state index in [2.05, 4.69) is 0 Å². The van der Waals surface area contributed by atoms with Crippen LogP contribution < -0.4 is 17.1 Å². The summed E-state index contributed by atoms with van der Waals surface area (Å²) >= 11 is 0. The summed E-state index contributed by atoms with van der Waals surface area (Å²) in [6, 6.07) is 0. The Balaban J connectivity index is 0.919. The summed E-state index contributed by atoms with van der Waals surface area (Å²) in [6.07, 6.45) is 5.75. The summed E-state index contributed by atoms with van der Waals surface area (Å²) < 4.78 is 24.2. The predicted octanol–water partition coefficient (Wildman–Crippen LogP) is -0.250. The van der Waals surface area contributed by atoms with E-state index in [1.54, 1.807) is 0 Å². The molecule has 1 aromatic rings. The number of carbonyl (C=O) groups excluding carboxylic acids is 2. The van der Waals surface area contributed by atoms with Crippen LogP contribution in [0.5, 0.6) is 0 Å². The topological polar surface area (TPSA) is 181 Å². The lowest BCUT2D eigenvalue weighted by atomic mass is 9.89. The molecular weight excluding hydrogens is 566 g/mol. The lowest BCUT2D eigenvalue weighted by molar-refractivity contribution is -0.146. The van der Waals surface area contributed by atoms with Crippen LogP contribution in [0, 0.1) is 35.5 Å². The molecule has 6 fully saturated rings. The fourth-order valence-electron chi connectivity index (χ4n) is 8.49. The summed E-state index contributed by atoms with van der Waals surface area (Å²) in [6.45, 7) is -0.678. The lowest BCUT2D eigenvalue weighted by Gasteiger charge is -2.19. The minimum Gasteiger partial charge on any atom is -0.480 e. The molecule has 1 aromatic heterocycles. The van der Waals surface area contributed by atoms with Crippen molar-refractivity contribution in [2.75, 3.05) is 13.2 Å². The van der Waals surface area contributed by atoms with Crippen LogP contribution in [0.1, 0.15) is 51.4 Å². The van der Waals surface area contributed by atoms with Gasteiger partial charge in [0.2, 0.25) is 0 Å². The van der Waals surface area contributed by atoms with Crippen molar-refractivity contribution in [1.29, 1.82) is 0 Å². The number of rotatable bonds is 14. The Labute approximate surface area is 245 Å². The molecular formula is C29H37N3O11. The van der Waals surface area contributed by atoms with E-state index in [-0.39, 0.29) is 38.8 Å². The Morgan fingerprint density at radius 3 is 1.51 bits per heavy atom. The van der Waals surface area contributed by atoms with Crippen molar-refractivity contribution >= 4 is 17.9 Å². The number of aromatic nitrogens is 3. The fourth-order valence-corrected chi connectivity index (χ4v) is 8.49. The van der Waals surface area contributed by atoms with Gasteiger partial charge in [-0.05, 0) is 74.0 Å². The van der Waals surface area contributed by atoms with Gasteiger partial charge < -0.3 is 24.1 Å². The van der Waals surface area contributed by atoms with Crippen LogP contribution >= 0.6 is 0 Å². The fraction of sp³-hybridized carbons (Fsp3) is 0.793. The minimum absolute atomic E-state index is 0.0464. The van der Waals surface area contributed by atoms with Crippen LogP contribution in [-0.2, 0) is 53.0 Å². The van der Waals surface area contributed by atoms with Gasteiger partial charge in [0, 0.05) is 25.9 Å². The van der Waals surface area contributed by atoms with Crippen molar-refractivity contribution in [2.24, 2.45) is 35.5 Å². The Morgan fingerprint density at radius 2 is 1.12 bits per heavy atom. The van der Waals surface area contributed by atoms with Gasteiger partial charge in [-0.25, -0.2) is 28.1 Å². The maximum Gasteiger partial charge on any atom is 0.336 e. The molecule has 2 saturated heterocycles. The molecule has 43 heavy (non-hydrogen) atoms. The molecule has 3 heterocycles. The molecule has 10 unspecified atom stereocenters. The molecule has 14 nitrogen and oxygen atoms in total. The molecule has 4 saturated carbocycles. The first-order valence-corrected chi connectivity index (χ1v) is 15.5. The highest BCUT2D eigenvalue weighted by Gasteiger charge is 2.64. The van der Waals surface area contributed by atoms with Crippen molar-refractivity contribution in [3.8, 4) is 0 Å². The summed E-state index contributed by atoms with van der Waals surface area (Å²) in [5.41, 5.74) is -3.04. The van der Waals surface area contributed by atoms with E-state index in [1.165, 1.54) is 0 Å². The Kier molecular flexibility index (Phi) is 7.31. The van der Waals surface area contributed by atoms with Gasteiger partial charge in [0.25, 0.3) is 0 Å². The van der Waals surface area contributed by atoms with E-state index in [1.807, 2.05) is 0 Å². The normalized spacial score (nSPS) is 35.4. The van der Waals surface area contributed by atoms with Gasteiger partial charge in [-0.3, -0.25) is 14.4 Å². The number of hydrogen-bond donors (Lipinski definition) is 1. The zero-order chi connectivity index (χ0) is 30.0. The molecule has 0 spiro atoms. The summed E-state index contributed by atoms with van der Waals surface area (Å²) in [5, 5.41) is 9.25. The van der Waals surface area contributed by atoms with E-state index >= 15 is 0 Å². The highest BCUT2D eigenvalue weighted by molar-refractivity contribution is 5.69. The zero-order valence-electron chi connectivity index (χ0n) is 23.8. The average molecular weight is 604 g/mol. The SMILES string of the molecule is O=C(O)Cn1c(=O)n(CCCC(=O)OCC2CC3CC2C2OC32)c(=O)n(CCCC(=O)OCC2CC3CC2C2OC32)c1=O. The van der Waals surface area contributed by atoms with Gasteiger partial charge in [0.1, 0.15) is 6.54 Å². The van der Waals surface area contributed by atoms with Crippen molar-refractivity contribution in [2.45, 2.75) is 95.4 Å². The molecule has 6 aliphatic rings. The maximum atomic E-state index is 13.1. The first kappa shape index (κ1) is 28.5. The lowest BCUT2D eigenvalue weighted by Crippen LogP contribution is -2.55. The van der Waals surface area contributed by atoms with Gasteiger partial charge in [-0.1, -0.05) is 0 Å². The van der Waals surface area contributed by atoms with Gasteiger partial charge in [-0.2, -0.15) is 0 Å². The highest BCUT2D eigenvalue weighted by Crippen LogP contribution is 2.59. The molecule has 7 rings (SSSR count). The van der Waals surface area contributed by atoms with Gasteiger partial charge in [0.05, 0.1) is 37.6 Å². The van der Waals surface area contributed by atoms with E-state index in [0.29, 0.717) is 77.7 Å². The van der Waals surface area contributed by atoms with E-state index < -0.39 is 41.5 Å². The Bertz CT molecular complexity index is 1400. The number of ether oxygens (including phenoxy) is 4. The third-order valence-corrected chi connectivity index (χ3v) is 10.6. The monoisotopic (exact) mass is 603 g/mol. The maximum absolute atomic E-state index is 13.1. The quantitative estimate of drug-likeness (QED) is 0.219. The summed E-state index contributed by atoms with van der Waals surface area (Å²) in [7, 11) is 0. The van der Waals surface area contributed by atoms with E-state index in [9.17, 15) is 33.9 Å². The molecule has 0 radical (unpaired) electrons. The second-order valence-corrected chi connectivity index (χ2v) is 13.1. The highest BCUT2D eigenvalue weighted by atomic mass is 16.6. The van der Waals surface area contributed by atoms with E-state index in [0.717, 1.165) is 34.8 Å². The van der Waals surface area contributed by atoms with Crippen molar-refractivity contribution in [3.05, 3.63) is 31.5 Å². The van der Waals surface area contributed by atoms with Gasteiger partial charge in [-0.15, -0.1) is 0 Å². The summed E-state index contributed by atoms with van der Waals surface area (Å²) in [5.74, 6) is 0.286. The molecule has 10 atom stereocenters.